The van der Waals surface area contributed by atoms with Gasteiger partial charge in [-0.25, -0.2) is 4.39 Å². The van der Waals surface area contributed by atoms with Crippen LogP contribution in [0, 0.1) is 12.7 Å². The van der Waals surface area contributed by atoms with Crippen LogP contribution in [0.5, 0.6) is 0 Å². The van der Waals surface area contributed by atoms with Crippen LogP contribution < -0.4 is 10.2 Å². The van der Waals surface area contributed by atoms with Crippen LogP contribution in [0.4, 0.5) is 10.1 Å². The third-order valence-electron chi connectivity index (χ3n) is 6.92. The van der Waals surface area contributed by atoms with E-state index in [0.29, 0.717) is 18.5 Å². The zero-order chi connectivity index (χ0) is 21.8. The molecule has 0 bridgehead atoms. The molecule has 0 unspecified atom stereocenters. The van der Waals surface area contributed by atoms with Crippen molar-refractivity contribution in [2.24, 2.45) is 0 Å². The van der Waals surface area contributed by atoms with E-state index in [4.69, 9.17) is 4.98 Å². The van der Waals surface area contributed by atoms with Crippen molar-refractivity contribution in [2.45, 2.75) is 50.6 Å². The Kier molecular flexibility index (Phi) is 5.98. The van der Waals surface area contributed by atoms with Gasteiger partial charge in [0.2, 0.25) is 11.8 Å². The van der Waals surface area contributed by atoms with Crippen molar-refractivity contribution in [3.05, 3.63) is 47.5 Å². The van der Waals surface area contributed by atoms with Crippen LogP contribution in [-0.2, 0) is 9.59 Å². The van der Waals surface area contributed by atoms with Gasteiger partial charge >= 0.3 is 0 Å². The first-order valence-corrected chi connectivity index (χ1v) is 11.0. The highest BCUT2D eigenvalue weighted by Crippen LogP contribution is 2.40. The molecule has 2 amide bonds. The Morgan fingerprint density at radius 2 is 1.97 bits per heavy atom. The van der Waals surface area contributed by atoms with Gasteiger partial charge in [-0.15, -0.1) is 12.4 Å². The second-order valence-electron chi connectivity index (χ2n) is 9.03. The molecule has 3 aliphatic rings. The highest BCUT2D eigenvalue weighted by Gasteiger charge is 2.50. The number of benzene rings is 1. The average Bonchev–Trinajstić information content (AvgIpc) is 3.45. The number of likely N-dealkylation sites (N-methyl/N-ethyl adjacent to an activating group) is 1. The van der Waals surface area contributed by atoms with Crippen LogP contribution in [0.3, 0.4) is 0 Å². The van der Waals surface area contributed by atoms with Crippen molar-refractivity contribution in [2.75, 3.05) is 25.0 Å². The second kappa shape index (κ2) is 8.45. The Bertz CT molecular complexity index is 1080. The van der Waals surface area contributed by atoms with E-state index in [9.17, 15) is 14.0 Å². The smallest absolute Gasteiger partial charge is 0.242 e. The summed E-state index contributed by atoms with van der Waals surface area (Å²) in [7, 11) is 1.84. The van der Waals surface area contributed by atoms with Gasteiger partial charge in [0.25, 0.3) is 0 Å². The molecule has 5 rings (SSSR count). The van der Waals surface area contributed by atoms with Crippen molar-refractivity contribution in [3.8, 4) is 11.1 Å². The number of likely N-dealkylation sites (tertiary alicyclic amines) is 1. The van der Waals surface area contributed by atoms with E-state index in [0.717, 1.165) is 54.9 Å². The molecule has 3 aliphatic heterocycles. The van der Waals surface area contributed by atoms with Crippen LogP contribution >= 0.6 is 12.4 Å². The maximum absolute atomic E-state index is 14.8. The van der Waals surface area contributed by atoms with E-state index in [1.165, 1.54) is 6.07 Å². The van der Waals surface area contributed by atoms with Crippen molar-refractivity contribution in [1.82, 2.24) is 15.2 Å². The minimum absolute atomic E-state index is 0. The van der Waals surface area contributed by atoms with Crippen molar-refractivity contribution in [3.63, 3.8) is 0 Å². The number of hydrogen-bond acceptors (Lipinski definition) is 4. The number of amides is 2. The zero-order valence-corrected chi connectivity index (χ0v) is 19.2. The number of carbonyl (C=O) groups excluding carboxylic acids is 2. The maximum Gasteiger partial charge on any atom is 0.242 e. The molecule has 2 aromatic rings. The van der Waals surface area contributed by atoms with Gasteiger partial charge in [-0.05, 0) is 68.5 Å². The first-order chi connectivity index (χ1) is 14.9. The summed E-state index contributed by atoms with van der Waals surface area (Å²) in [5, 5.41) is 3.54. The lowest BCUT2D eigenvalue weighted by Gasteiger charge is -2.23. The Hall–Kier alpha value is -2.51. The number of nitrogens with zero attached hydrogens (tertiary/aromatic N) is 3. The van der Waals surface area contributed by atoms with Crippen LogP contribution in [-0.4, -0.2) is 47.4 Å². The van der Waals surface area contributed by atoms with E-state index in [-0.39, 0.29) is 36.1 Å². The molecular formula is C24H28ClFN4O2. The van der Waals surface area contributed by atoms with Gasteiger partial charge in [-0.2, -0.15) is 0 Å². The fourth-order valence-corrected chi connectivity index (χ4v) is 5.24. The van der Waals surface area contributed by atoms with Crippen molar-refractivity contribution >= 4 is 29.9 Å². The fourth-order valence-electron chi connectivity index (χ4n) is 5.24. The lowest BCUT2D eigenvalue weighted by molar-refractivity contribution is -0.131. The van der Waals surface area contributed by atoms with E-state index < -0.39 is 5.54 Å². The number of hydrogen-bond donors (Lipinski definition) is 1. The molecule has 6 nitrogen and oxygen atoms in total. The molecule has 1 spiro atoms. The Morgan fingerprint density at radius 1 is 1.16 bits per heavy atom. The quantitative estimate of drug-likeness (QED) is 0.760. The van der Waals surface area contributed by atoms with Gasteiger partial charge in [-0.1, -0.05) is 0 Å². The lowest BCUT2D eigenvalue weighted by Crippen LogP contribution is -2.47. The summed E-state index contributed by atoms with van der Waals surface area (Å²) in [4.78, 5) is 33.0. The van der Waals surface area contributed by atoms with Gasteiger partial charge in [0.05, 0.1) is 11.7 Å². The van der Waals surface area contributed by atoms with Crippen LogP contribution in [0.25, 0.3) is 11.1 Å². The zero-order valence-electron chi connectivity index (χ0n) is 18.4. The molecule has 3 fully saturated rings. The number of anilines is 1. The molecule has 8 heteroatoms. The van der Waals surface area contributed by atoms with E-state index >= 15 is 0 Å². The van der Waals surface area contributed by atoms with Crippen LogP contribution in [0.2, 0.25) is 0 Å². The minimum atomic E-state index is -0.494. The Labute approximate surface area is 193 Å². The van der Waals surface area contributed by atoms with Gasteiger partial charge in [0, 0.05) is 43.5 Å². The lowest BCUT2D eigenvalue weighted by atomic mass is 9.96. The molecule has 2 atom stereocenters. The Morgan fingerprint density at radius 3 is 2.66 bits per heavy atom. The molecule has 4 heterocycles. The summed E-state index contributed by atoms with van der Waals surface area (Å²) >= 11 is 0. The molecule has 0 saturated carbocycles. The molecule has 170 valence electrons. The average molecular weight is 459 g/mol. The van der Waals surface area contributed by atoms with Crippen molar-refractivity contribution in [1.29, 1.82) is 0 Å². The molecule has 0 aliphatic carbocycles. The number of aryl methyl sites for hydroxylation is 1. The third-order valence-corrected chi connectivity index (χ3v) is 6.92. The normalized spacial score (nSPS) is 25.2. The molecule has 1 aromatic carbocycles. The summed E-state index contributed by atoms with van der Waals surface area (Å²) in [5.74, 6) is -0.0943. The number of rotatable bonds is 3. The molecule has 1 N–H and O–H groups in total. The Balaban J connectivity index is 0.00000245. The van der Waals surface area contributed by atoms with E-state index in [1.54, 1.807) is 21.9 Å². The molecule has 32 heavy (non-hydrogen) atoms. The predicted octanol–water partition coefficient (Wildman–Crippen LogP) is 3.77. The number of halogens is 2. The van der Waals surface area contributed by atoms with Gasteiger partial charge < -0.3 is 9.80 Å². The summed E-state index contributed by atoms with van der Waals surface area (Å²) in [6, 6.07) is 8.61. The van der Waals surface area contributed by atoms with E-state index in [2.05, 4.69) is 5.32 Å². The van der Waals surface area contributed by atoms with Crippen LogP contribution in [0.1, 0.15) is 49.5 Å². The maximum atomic E-state index is 14.8. The molecule has 1 aromatic heterocycles. The second-order valence-corrected chi connectivity index (χ2v) is 9.03. The molecule has 0 radical (unpaired) electrons. The number of pyridine rings is 1. The minimum Gasteiger partial charge on any atom is -0.344 e. The molecule has 3 saturated heterocycles. The van der Waals surface area contributed by atoms with Crippen molar-refractivity contribution < 1.29 is 14.0 Å². The predicted molar refractivity (Wildman–Crippen MR) is 123 cm³/mol. The highest BCUT2D eigenvalue weighted by atomic mass is 35.5. The van der Waals surface area contributed by atoms with Crippen LogP contribution in [0.15, 0.2) is 30.3 Å². The number of carbonyl (C=O) groups is 2. The number of nitrogens with one attached hydrogen (secondary N) is 1. The SMILES string of the molecule is Cc1cc(-c2cc(N3CCCC3=O)ccc2F)cc([C@H]2CC[C@@]3(CCN(C)C3=O)N2)n1.Cl. The topological polar surface area (TPSA) is 65.5 Å². The van der Waals surface area contributed by atoms with Gasteiger partial charge in [-0.3, -0.25) is 19.9 Å². The summed E-state index contributed by atoms with van der Waals surface area (Å²) in [5.41, 5.74) is 3.07. The number of aromatic nitrogens is 1. The fraction of sp³-hybridized carbons (Fsp3) is 0.458. The van der Waals surface area contributed by atoms with Gasteiger partial charge in [0.15, 0.2) is 0 Å². The summed E-state index contributed by atoms with van der Waals surface area (Å²) in [6.45, 7) is 3.33. The summed E-state index contributed by atoms with van der Waals surface area (Å²) < 4.78 is 14.8. The molecular weight excluding hydrogens is 431 g/mol. The highest BCUT2D eigenvalue weighted by molar-refractivity contribution is 5.96. The monoisotopic (exact) mass is 458 g/mol. The first-order valence-electron chi connectivity index (χ1n) is 11.0. The van der Waals surface area contributed by atoms with Gasteiger partial charge in [0.1, 0.15) is 11.4 Å². The first kappa shape index (κ1) is 22.7. The standard InChI is InChI=1S/C24H27FN4O2.ClH/c1-15-12-16(18-14-17(5-6-19(18)25)29-10-3-4-22(29)30)13-21(26-15)20-7-8-24(27-20)9-11-28(2)23(24)31;/h5-6,12-14,20,27H,3-4,7-11H2,1-2H3;1H/t20-,24+;/m1./s1. The summed E-state index contributed by atoms with van der Waals surface area (Å²) in [6.07, 6.45) is 3.77. The van der Waals surface area contributed by atoms with E-state index in [1.807, 2.05) is 26.1 Å². The third kappa shape index (κ3) is 3.77. The largest absolute Gasteiger partial charge is 0.344 e.